The topological polar surface area (TPSA) is 60.2 Å². The molecule has 0 spiro atoms. The van der Waals surface area contributed by atoms with Gasteiger partial charge in [-0.25, -0.2) is 4.39 Å². The van der Waals surface area contributed by atoms with E-state index in [-0.39, 0.29) is 11.9 Å². The molecule has 0 amide bonds. The second kappa shape index (κ2) is 6.26. The van der Waals surface area contributed by atoms with E-state index in [4.69, 9.17) is 10.6 Å². The summed E-state index contributed by atoms with van der Waals surface area (Å²) in [6.45, 7) is 0. The van der Waals surface area contributed by atoms with Crippen LogP contribution in [0.3, 0.4) is 0 Å². The molecule has 2 aromatic rings. The maximum absolute atomic E-state index is 12.9. The average molecular weight is 261 g/mol. The Hall–Kier alpha value is -1.98. The molecule has 0 saturated carbocycles. The molecule has 0 aliphatic heterocycles. The number of aromatic nitrogens is 1. The number of ether oxygens (including phenoxy) is 1. The Labute approximate surface area is 111 Å². The summed E-state index contributed by atoms with van der Waals surface area (Å²) >= 11 is 0. The Morgan fingerprint density at radius 3 is 2.68 bits per heavy atom. The van der Waals surface area contributed by atoms with E-state index in [2.05, 4.69) is 10.4 Å². The van der Waals surface area contributed by atoms with Crippen LogP contribution in [0.15, 0.2) is 42.7 Å². The maximum Gasteiger partial charge on any atom is 0.141 e. The Morgan fingerprint density at radius 2 is 2.05 bits per heavy atom. The Morgan fingerprint density at radius 1 is 1.32 bits per heavy atom. The Bertz CT molecular complexity index is 530. The third kappa shape index (κ3) is 3.27. The number of methoxy groups -OCH3 is 1. The van der Waals surface area contributed by atoms with Crippen LogP contribution in [0.1, 0.15) is 17.2 Å². The molecule has 0 fully saturated rings. The van der Waals surface area contributed by atoms with E-state index >= 15 is 0 Å². The molecule has 1 aromatic carbocycles. The van der Waals surface area contributed by atoms with Gasteiger partial charge < -0.3 is 4.74 Å². The van der Waals surface area contributed by atoms with E-state index in [1.54, 1.807) is 31.6 Å². The molecule has 0 radical (unpaired) electrons. The van der Waals surface area contributed by atoms with Gasteiger partial charge in [-0.15, -0.1) is 0 Å². The third-order valence-corrected chi connectivity index (χ3v) is 2.97. The molecular weight excluding hydrogens is 245 g/mol. The lowest BCUT2D eigenvalue weighted by atomic mass is 9.99. The first-order chi connectivity index (χ1) is 9.24. The highest BCUT2D eigenvalue weighted by molar-refractivity contribution is 5.34. The number of halogens is 1. The van der Waals surface area contributed by atoms with Gasteiger partial charge in [-0.3, -0.25) is 16.3 Å². The maximum atomic E-state index is 12.9. The van der Waals surface area contributed by atoms with Crippen LogP contribution in [-0.4, -0.2) is 12.1 Å². The monoisotopic (exact) mass is 261 g/mol. The Balaban J connectivity index is 2.22. The second-order valence-electron chi connectivity index (χ2n) is 4.17. The van der Waals surface area contributed by atoms with Crippen molar-refractivity contribution in [3.05, 3.63) is 59.7 Å². The van der Waals surface area contributed by atoms with Crippen molar-refractivity contribution in [3.63, 3.8) is 0 Å². The van der Waals surface area contributed by atoms with Gasteiger partial charge in [-0.1, -0.05) is 12.1 Å². The van der Waals surface area contributed by atoms with E-state index in [1.165, 1.54) is 12.1 Å². The number of hydrogen-bond acceptors (Lipinski definition) is 4. The predicted molar refractivity (Wildman–Crippen MR) is 71.0 cm³/mol. The van der Waals surface area contributed by atoms with Crippen LogP contribution >= 0.6 is 0 Å². The van der Waals surface area contributed by atoms with E-state index < -0.39 is 0 Å². The SMILES string of the molecule is COc1cnccc1C(Cc1ccc(F)cc1)NN. The van der Waals surface area contributed by atoms with Gasteiger partial charge in [0.05, 0.1) is 19.3 Å². The van der Waals surface area contributed by atoms with Crippen LogP contribution < -0.4 is 16.0 Å². The molecule has 4 nitrogen and oxygen atoms in total. The largest absolute Gasteiger partial charge is 0.495 e. The lowest BCUT2D eigenvalue weighted by molar-refractivity contribution is 0.397. The molecule has 1 unspecified atom stereocenters. The van der Waals surface area contributed by atoms with Crippen LogP contribution in [0.4, 0.5) is 4.39 Å². The number of nitrogens with one attached hydrogen (secondary N) is 1. The molecular formula is C14H16FN3O. The van der Waals surface area contributed by atoms with Crippen LogP contribution in [-0.2, 0) is 6.42 Å². The standard InChI is InChI=1S/C14H16FN3O/c1-19-14-9-17-7-6-12(14)13(18-16)8-10-2-4-11(15)5-3-10/h2-7,9,13,18H,8,16H2,1H3. The molecule has 100 valence electrons. The van der Waals surface area contributed by atoms with Crippen molar-refractivity contribution in [1.82, 2.24) is 10.4 Å². The fraction of sp³-hybridized carbons (Fsp3) is 0.214. The molecule has 1 atom stereocenters. The highest BCUT2D eigenvalue weighted by atomic mass is 19.1. The minimum atomic E-state index is -0.248. The van der Waals surface area contributed by atoms with Crippen molar-refractivity contribution in [2.24, 2.45) is 5.84 Å². The molecule has 2 rings (SSSR count). The summed E-state index contributed by atoms with van der Waals surface area (Å²) in [7, 11) is 1.59. The predicted octanol–water partition coefficient (Wildman–Crippen LogP) is 1.98. The lowest BCUT2D eigenvalue weighted by Crippen LogP contribution is -2.30. The zero-order chi connectivity index (χ0) is 13.7. The normalized spacial score (nSPS) is 12.2. The third-order valence-electron chi connectivity index (χ3n) is 2.97. The van der Waals surface area contributed by atoms with Crippen molar-refractivity contribution >= 4 is 0 Å². The smallest absolute Gasteiger partial charge is 0.141 e. The van der Waals surface area contributed by atoms with Gasteiger partial charge in [0.2, 0.25) is 0 Å². The lowest BCUT2D eigenvalue weighted by Gasteiger charge is -2.18. The van der Waals surface area contributed by atoms with E-state index in [0.717, 1.165) is 11.1 Å². The summed E-state index contributed by atoms with van der Waals surface area (Å²) in [5.74, 6) is 6.03. The highest BCUT2D eigenvalue weighted by Crippen LogP contribution is 2.26. The minimum absolute atomic E-state index is 0.122. The van der Waals surface area contributed by atoms with E-state index in [9.17, 15) is 4.39 Å². The quantitative estimate of drug-likeness (QED) is 0.638. The fourth-order valence-corrected chi connectivity index (χ4v) is 1.96. The van der Waals surface area contributed by atoms with Crippen LogP contribution in [0.25, 0.3) is 0 Å². The molecule has 0 aliphatic rings. The molecule has 3 N–H and O–H groups in total. The average Bonchev–Trinajstić information content (AvgIpc) is 2.46. The number of pyridine rings is 1. The first-order valence-electron chi connectivity index (χ1n) is 5.93. The number of benzene rings is 1. The molecule has 0 aliphatic carbocycles. The van der Waals surface area contributed by atoms with Crippen LogP contribution in [0.5, 0.6) is 5.75 Å². The molecule has 0 bridgehead atoms. The van der Waals surface area contributed by atoms with E-state index in [0.29, 0.717) is 12.2 Å². The number of hydrazine groups is 1. The zero-order valence-corrected chi connectivity index (χ0v) is 10.6. The van der Waals surface area contributed by atoms with Gasteiger partial charge in [0.25, 0.3) is 0 Å². The summed E-state index contributed by atoms with van der Waals surface area (Å²) in [5.41, 5.74) is 4.66. The first kappa shape index (κ1) is 13.5. The van der Waals surface area contributed by atoms with Crippen molar-refractivity contribution < 1.29 is 9.13 Å². The minimum Gasteiger partial charge on any atom is -0.495 e. The number of hydrogen-bond donors (Lipinski definition) is 2. The summed E-state index contributed by atoms with van der Waals surface area (Å²) < 4.78 is 18.1. The van der Waals surface area contributed by atoms with Crippen LogP contribution in [0.2, 0.25) is 0 Å². The number of nitrogens with two attached hydrogens (primary N) is 1. The van der Waals surface area contributed by atoms with Gasteiger partial charge in [0.1, 0.15) is 11.6 Å². The summed E-state index contributed by atoms with van der Waals surface area (Å²) in [4.78, 5) is 4.01. The molecule has 19 heavy (non-hydrogen) atoms. The van der Waals surface area contributed by atoms with Gasteiger partial charge in [-0.2, -0.15) is 0 Å². The van der Waals surface area contributed by atoms with Crippen molar-refractivity contribution in [2.45, 2.75) is 12.5 Å². The van der Waals surface area contributed by atoms with Crippen molar-refractivity contribution in [1.29, 1.82) is 0 Å². The summed E-state index contributed by atoms with van der Waals surface area (Å²) in [6.07, 6.45) is 3.97. The molecule has 1 heterocycles. The highest BCUT2D eigenvalue weighted by Gasteiger charge is 2.15. The van der Waals surface area contributed by atoms with Gasteiger partial charge in [0.15, 0.2) is 0 Å². The van der Waals surface area contributed by atoms with Crippen molar-refractivity contribution in [2.75, 3.05) is 7.11 Å². The summed E-state index contributed by atoms with van der Waals surface area (Å²) in [6, 6.07) is 8.09. The van der Waals surface area contributed by atoms with Gasteiger partial charge in [0, 0.05) is 11.8 Å². The van der Waals surface area contributed by atoms with Gasteiger partial charge in [-0.05, 0) is 30.2 Å². The Kier molecular flexibility index (Phi) is 4.43. The molecule has 5 heteroatoms. The molecule has 1 aromatic heterocycles. The van der Waals surface area contributed by atoms with Crippen LogP contribution in [0, 0.1) is 5.82 Å². The van der Waals surface area contributed by atoms with E-state index in [1.807, 2.05) is 6.07 Å². The molecule has 0 saturated heterocycles. The number of nitrogens with zero attached hydrogens (tertiary/aromatic N) is 1. The first-order valence-corrected chi connectivity index (χ1v) is 5.93. The second-order valence-corrected chi connectivity index (χ2v) is 4.17. The van der Waals surface area contributed by atoms with Crippen molar-refractivity contribution in [3.8, 4) is 5.75 Å². The zero-order valence-electron chi connectivity index (χ0n) is 10.6. The summed E-state index contributed by atoms with van der Waals surface area (Å²) in [5, 5.41) is 0. The number of rotatable bonds is 5. The van der Waals surface area contributed by atoms with Gasteiger partial charge >= 0.3 is 0 Å². The fourth-order valence-electron chi connectivity index (χ4n) is 1.96.